The monoisotopic (exact) mass is 315 g/mol. The zero-order chi connectivity index (χ0) is 16.4. The summed E-state index contributed by atoms with van der Waals surface area (Å²) in [5.41, 5.74) is 2.63. The first kappa shape index (κ1) is 16.0. The van der Waals surface area contributed by atoms with Crippen LogP contribution in [0.15, 0.2) is 24.3 Å². The van der Waals surface area contributed by atoms with Crippen molar-refractivity contribution < 1.29 is 9.59 Å². The molecule has 2 aliphatic heterocycles. The Hall–Kier alpha value is -1.88. The first-order valence-corrected chi connectivity index (χ1v) is 8.39. The Labute approximate surface area is 137 Å². The molecule has 2 saturated heterocycles. The van der Waals surface area contributed by atoms with Crippen LogP contribution in [0.3, 0.4) is 0 Å². The highest BCUT2D eigenvalue weighted by molar-refractivity contribution is 5.86. The van der Waals surface area contributed by atoms with Crippen LogP contribution in [0.25, 0.3) is 0 Å². The molecule has 124 valence electrons. The average Bonchev–Trinajstić information content (AvgIpc) is 2.92. The largest absolute Gasteiger partial charge is 0.338 e. The van der Waals surface area contributed by atoms with Gasteiger partial charge >= 0.3 is 0 Å². The first-order valence-electron chi connectivity index (χ1n) is 8.39. The van der Waals surface area contributed by atoms with Crippen molar-refractivity contribution in [2.24, 2.45) is 0 Å². The smallest absolute Gasteiger partial charge is 0.242 e. The molecule has 5 nitrogen and oxygen atoms in total. The maximum absolute atomic E-state index is 12.6. The normalized spacial score (nSPS) is 25.0. The van der Waals surface area contributed by atoms with E-state index in [4.69, 9.17) is 0 Å². The number of nitrogens with one attached hydrogen (secondary N) is 1. The standard InChI is InChI=1S/C18H25N3O2/c1-13-5-3-4-6-16(13)15-9-14(2)21(11-15)18(23)12-20-8-7-19-10-17(20)22/h3-6,14-15,19H,7-12H2,1-2H3/t14-,15-/m1/s1. The predicted molar refractivity (Wildman–Crippen MR) is 89.2 cm³/mol. The van der Waals surface area contributed by atoms with Crippen molar-refractivity contribution in [3.05, 3.63) is 35.4 Å². The fraction of sp³-hybridized carbons (Fsp3) is 0.556. The number of carbonyl (C=O) groups excluding carboxylic acids is 2. The number of piperazine rings is 1. The van der Waals surface area contributed by atoms with E-state index in [1.807, 2.05) is 4.90 Å². The number of nitrogens with zero attached hydrogens (tertiary/aromatic N) is 2. The first-order chi connectivity index (χ1) is 11.1. The van der Waals surface area contributed by atoms with Gasteiger partial charge < -0.3 is 15.1 Å². The van der Waals surface area contributed by atoms with E-state index >= 15 is 0 Å². The topological polar surface area (TPSA) is 52.7 Å². The fourth-order valence-electron chi connectivity index (χ4n) is 3.72. The van der Waals surface area contributed by atoms with Crippen LogP contribution in [0.5, 0.6) is 0 Å². The van der Waals surface area contributed by atoms with Crippen molar-refractivity contribution in [2.45, 2.75) is 32.2 Å². The molecular weight excluding hydrogens is 290 g/mol. The summed E-state index contributed by atoms with van der Waals surface area (Å²) in [4.78, 5) is 28.1. The number of benzene rings is 1. The summed E-state index contributed by atoms with van der Waals surface area (Å²) in [6.07, 6.45) is 0.992. The van der Waals surface area contributed by atoms with Gasteiger partial charge in [0.05, 0.1) is 13.1 Å². The van der Waals surface area contributed by atoms with Gasteiger partial charge in [0.25, 0.3) is 0 Å². The molecule has 0 saturated carbocycles. The average molecular weight is 315 g/mol. The van der Waals surface area contributed by atoms with E-state index in [2.05, 4.69) is 43.4 Å². The van der Waals surface area contributed by atoms with Crippen molar-refractivity contribution in [1.29, 1.82) is 0 Å². The van der Waals surface area contributed by atoms with Gasteiger partial charge in [0, 0.05) is 31.6 Å². The Morgan fingerprint density at radius 3 is 2.87 bits per heavy atom. The maximum Gasteiger partial charge on any atom is 0.242 e. The SMILES string of the molecule is Cc1ccccc1[C@@H]1C[C@@H](C)N(C(=O)CN2CCNCC2=O)C1. The lowest BCUT2D eigenvalue weighted by Crippen LogP contribution is -2.52. The lowest BCUT2D eigenvalue weighted by Gasteiger charge is -2.30. The van der Waals surface area contributed by atoms with Crippen LogP contribution < -0.4 is 5.32 Å². The predicted octanol–water partition coefficient (Wildman–Crippen LogP) is 1.13. The van der Waals surface area contributed by atoms with Gasteiger partial charge in [-0.2, -0.15) is 0 Å². The highest BCUT2D eigenvalue weighted by atomic mass is 16.2. The van der Waals surface area contributed by atoms with E-state index in [9.17, 15) is 9.59 Å². The molecular formula is C18H25N3O2. The number of rotatable bonds is 3. The fourth-order valence-corrected chi connectivity index (χ4v) is 3.72. The molecule has 0 unspecified atom stereocenters. The summed E-state index contributed by atoms with van der Waals surface area (Å²) in [6.45, 7) is 6.93. The summed E-state index contributed by atoms with van der Waals surface area (Å²) in [5, 5.41) is 3.03. The van der Waals surface area contributed by atoms with Gasteiger partial charge in [0.1, 0.15) is 0 Å². The number of likely N-dealkylation sites (tertiary alicyclic amines) is 1. The second-order valence-electron chi connectivity index (χ2n) is 6.68. The summed E-state index contributed by atoms with van der Waals surface area (Å²) in [5.74, 6) is 0.490. The molecule has 2 aliphatic rings. The zero-order valence-corrected chi connectivity index (χ0v) is 13.9. The van der Waals surface area contributed by atoms with Crippen molar-refractivity contribution in [1.82, 2.24) is 15.1 Å². The van der Waals surface area contributed by atoms with Gasteiger partial charge in [-0.3, -0.25) is 9.59 Å². The molecule has 0 aliphatic carbocycles. The van der Waals surface area contributed by atoms with E-state index in [1.165, 1.54) is 11.1 Å². The van der Waals surface area contributed by atoms with Crippen molar-refractivity contribution in [2.75, 3.05) is 32.7 Å². The molecule has 1 N–H and O–H groups in total. The second kappa shape index (κ2) is 6.71. The van der Waals surface area contributed by atoms with Gasteiger partial charge in [-0.15, -0.1) is 0 Å². The summed E-state index contributed by atoms with van der Waals surface area (Å²) >= 11 is 0. The minimum Gasteiger partial charge on any atom is -0.338 e. The Bertz CT molecular complexity index is 602. The molecule has 0 aromatic heterocycles. The van der Waals surface area contributed by atoms with Crippen LogP contribution >= 0.6 is 0 Å². The quantitative estimate of drug-likeness (QED) is 0.910. The van der Waals surface area contributed by atoms with Gasteiger partial charge in [-0.1, -0.05) is 24.3 Å². The third kappa shape index (κ3) is 3.39. The molecule has 23 heavy (non-hydrogen) atoms. The number of carbonyl (C=O) groups is 2. The number of hydrogen-bond acceptors (Lipinski definition) is 3. The lowest BCUT2D eigenvalue weighted by atomic mass is 9.93. The van der Waals surface area contributed by atoms with Crippen molar-refractivity contribution in [3.63, 3.8) is 0 Å². The zero-order valence-electron chi connectivity index (χ0n) is 13.9. The van der Waals surface area contributed by atoms with E-state index in [0.717, 1.165) is 19.5 Å². The van der Waals surface area contributed by atoms with Gasteiger partial charge in [0.2, 0.25) is 11.8 Å². The van der Waals surface area contributed by atoms with Crippen molar-refractivity contribution >= 4 is 11.8 Å². The van der Waals surface area contributed by atoms with Crippen LogP contribution in [0, 0.1) is 6.92 Å². The van der Waals surface area contributed by atoms with Crippen LogP contribution in [-0.4, -0.2) is 60.4 Å². The van der Waals surface area contributed by atoms with Gasteiger partial charge in [-0.05, 0) is 31.4 Å². The Morgan fingerprint density at radius 2 is 2.13 bits per heavy atom. The van der Waals surface area contributed by atoms with E-state index in [-0.39, 0.29) is 24.4 Å². The molecule has 1 aromatic rings. The number of amides is 2. The van der Waals surface area contributed by atoms with E-state index in [0.29, 0.717) is 19.0 Å². The molecule has 5 heteroatoms. The van der Waals surface area contributed by atoms with E-state index < -0.39 is 0 Å². The maximum atomic E-state index is 12.6. The Morgan fingerprint density at radius 1 is 1.35 bits per heavy atom. The lowest BCUT2D eigenvalue weighted by molar-refractivity contribution is -0.141. The molecule has 3 rings (SSSR count). The molecule has 1 aromatic carbocycles. The number of hydrogen-bond donors (Lipinski definition) is 1. The minimum absolute atomic E-state index is 0.0203. The third-order valence-corrected chi connectivity index (χ3v) is 5.04. The Balaban J connectivity index is 1.65. The molecule has 2 atom stereocenters. The van der Waals surface area contributed by atoms with Crippen molar-refractivity contribution in [3.8, 4) is 0 Å². The molecule has 0 bridgehead atoms. The molecule has 2 heterocycles. The minimum atomic E-state index is 0.0203. The molecule has 0 radical (unpaired) electrons. The van der Waals surface area contributed by atoms with E-state index in [1.54, 1.807) is 4.90 Å². The van der Waals surface area contributed by atoms with Crippen LogP contribution in [0.1, 0.15) is 30.4 Å². The van der Waals surface area contributed by atoms with Gasteiger partial charge in [-0.25, -0.2) is 0 Å². The molecule has 2 amide bonds. The van der Waals surface area contributed by atoms with Crippen LogP contribution in [0.4, 0.5) is 0 Å². The molecule has 2 fully saturated rings. The third-order valence-electron chi connectivity index (χ3n) is 5.04. The highest BCUT2D eigenvalue weighted by Crippen LogP contribution is 2.33. The second-order valence-corrected chi connectivity index (χ2v) is 6.68. The summed E-state index contributed by atoms with van der Waals surface area (Å²) in [7, 11) is 0. The summed E-state index contributed by atoms with van der Waals surface area (Å²) < 4.78 is 0. The van der Waals surface area contributed by atoms with Crippen LogP contribution in [0.2, 0.25) is 0 Å². The van der Waals surface area contributed by atoms with Crippen LogP contribution in [-0.2, 0) is 9.59 Å². The summed E-state index contributed by atoms with van der Waals surface area (Å²) in [6, 6.07) is 8.64. The highest BCUT2D eigenvalue weighted by Gasteiger charge is 2.34. The Kier molecular flexibility index (Phi) is 4.66. The number of aryl methyl sites for hydroxylation is 1. The molecule has 0 spiro atoms. The van der Waals surface area contributed by atoms with Gasteiger partial charge in [0.15, 0.2) is 0 Å².